The van der Waals surface area contributed by atoms with E-state index in [0.717, 1.165) is 17.7 Å². The van der Waals surface area contributed by atoms with Crippen LogP contribution in [0.25, 0.3) is 0 Å². The van der Waals surface area contributed by atoms with Crippen LogP contribution in [0.2, 0.25) is 0 Å². The van der Waals surface area contributed by atoms with Gasteiger partial charge in [-0.05, 0) is 18.1 Å². The van der Waals surface area contributed by atoms with E-state index < -0.39 is 5.92 Å². The largest absolute Gasteiger partial charge is 0.497 e. The third kappa shape index (κ3) is 3.64. The normalized spacial score (nSPS) is 22.3. The van der Waals surface area contributed by atoms with Gasteiger partial charge in [-0.3, -0.25) is 14.6 Å². The molecule has 2 heterocycles. The minimum atomic E-state index is -0.403. The van der Waals surface area contributed by atoms with Gasteiger partial charge in [-0.15, -0.1) is 0 Å². The molecule has 0 radical (unpaired) electrons. The zero-order valence-corrected chi connectivity index (χ0v) is 16.6. The lowest BCUT2D eigenvalue weighted by Gasteiger charge is -2.28. The van der Waals surface area contributed by atoms with E-state index in [1.807, 2.05) is 29.3 Å². The number of rotatable bonds is 6. The van der Waals surface area contributed by atoms with Crippen LogP contribution in [-0.2, 0) is 30.2 Å². The highest BCUT2D eigenvalue weighted by molar-refractivity contribution is 6.04. The lowest BCUT2D eigenvalue weighted by molar-refractivity contribution is -0.140. The molecule has 7 nitrogen and oxygen atoms in total. The minimum Gasteiger partial charge on any atom is -0.497 e. The van der Waals surface area contributed by atoms with Gasteiger partial charge in [-0.1, -0.05) is 18.2 Å². The molecule has 0 fully saturated rings. The van der Waals surface area contributed by atoms with Crippen molar-refractivity contribution in [3.63, 3.8) is 0 Å². The number of ether oxygens (including phenoxy) is 3. The van der Waals surface area contributed by atoms with Gasteiger partial charge in [0.05, 0.1) is 38.5 Å². The Morgan fingerprint density at radius 3 is 2.86 bits per heavy atom. The molecule has 4 rings (SSSR count). The third-order valence-electron chi connectivity index (χ3n) is 5.50. The number of hydrogen-bond acceptors (Lipinski definition) is 6. The summed E-state index contributed by atoms with van der Waals surface area (Å²) in [6.45, 7) is 0.353. The molecule has 0 unspecified atom stereocenters. The highest BCUT2D eigenvalue weighted by atomic mass is 16.5. The molecule has 0 aromatic heterocycles. The van der Waals surface area contributed by atoms with E-state index in [2.05, 4.69) is 15.8 Å². The average Bonchev–Trinajstić information content (AvgIpc) is 3.06. The molecule has 1 amide bonds. The molecular formula is C22H24N2O5. The van der Waals surface area contributed by atoms with E-state index in [9.17, 15) is 9.59 Å². The first-order chi connectivity index (χ1) is 14.1. The number of hydrogen-bond donors (Lipinski definition) is 0. The van der Waals surface area contributed by atoms with Crippen LogP contribution >= 0.6 is 0 Å². The van der Waals surface area contributed by atoms with Crippen LogP contribution < -0.4 is 4.90 Å². The number of nitrogens with zero attached hydrogens (tertiary/aromatic N) is 2. The van der Waals surface area contributed by atoms with Crippen molar-refractivity contribution in [3.8, 4) is 0 Å². The zero-order valence-electron chi connectivity index (χ0n) is 16.6. The smallest absolute Gasteiger partial charge is 0.305 e. The standard InChI is InChI=1S/C22H24N2O5/c1-27-19-11-16-17(12-20(19)29-9-5-8-21(25)28-2)23-13-15-10-14-6-3-4-7-18(14)24(15)22(16)26/h3-4,6-7,12-13,15-16H,5,8-11H2,1-2H3/t15-,16-/m0/s1. The second-order valence-corrected chi connectivity index (χ2v) is 7.23. The summed E-state index contributed by atoms with van der Waals surface area (Å²) in [5.41, 5.74) is 2.81. The number of amides is 1. The molecule has 0 saturated carbocycles. The van der Waals surface area contributed by atoms with Crippen LogP contribution in [-0.4, -0.2) is 45.0 Å². The Balaban J connectivity index is 1.53. The SMILES string of the molecule is COC(=O)CCCOC1=C(OC)C[C@@H]2C(=O)N3c4ccccc4C[C@H]3C=NC2=C1. The number of carbonyl (C=O) groups is 2. The molecule has 0 saturated heterocycles. The van der Waals surface area contributed by atoms with E-state index in [1.54, 1.807) is 13.2 Å². The molecule has 152 valence electrons. The Kier molecular flexibility index (Phi) is 5.38. The Hall–Kier alpha value is -3.09. The first-order valence-corrected chi connectivity index (χ1v) is 9.76. The van der Waals surface area contributed by atoms with Gasteiger partial charge in [0.15, 0.2) is 5.76 Å². The summed E-state index contributed by atoms with van der Waals surface area (Å²) < 4.78 is 16.0. The molecule has 7 heteroatoms. The molecular weight excluding hydrogens is 372 g/mol. The summed E-state index contributed by atoms with van der Waals surface area (Å²) in [5, 5.41) is 0. The number of para-hydroxylation sites is 1. The molecule has 2 atom stereocenters. The molecule has 1 aromatic carbocycles. The first-order valence-electron chi connectivity index (χ1n) is 9.76. The summed E-state index contributed by atoms with van der Waals surface area (Å²) in [6.07, 6.45) is 5.64. The van der Waals surface area contributed by atoms with Gasteiger partial charge in [-0.25, -0.2) is 0 Å². The number of aliphatic imine (C=N–C) groups is 1. The minimum absolute atomic E-state index is 0.0305. The lowest BCUT2D eigenvalue weighted by Crippen LogP contribution is -2.41. The van der Waals surface area contributed by atoms with Crippen LogP contribution in [0.3, 0.4) is 0 Å². The zero-order chi connectivity index (χ0) is 20.4. The Labute approximate surface area is 169 Å². The number of benzene rings is 1. The molecule has 0 bridgehead atoms. The van der Waals surface area contributed by atoms with Crippen LogP contribution in [0.15, 0.2) is 52.5 Å². The fraction of sp³-hybridized carbons (Fsp3) is 0.409. The molecule has 2 aliphatic heterocycles. The summed E-state index contributed by atoms with van der Waals surface area (Å²) >= 11 is 0. The number of fused-ring (bicyclic) bond motifs is 4. The third-order valence-corrected chi connectivity index (χ3v) is 5.50. The van der Waals surface area contributed by atoms with Gasteiger partial charge in [0.25, 0.3) is 0 Å². The van der Waals surface area contributed by atoms with Crippen molar-refractivity contribution in [1.29, 1.82) is 0 Å². The van der Waals surface area contributed by atoms with Crippen molar-refractivity contribution in [1.82, 2.24) is 0 Å². The first kappa shape index (κ1) is 19.2. The summed E-state index contributed by atoms with van der Waals surface area (Å²) in [7, 11) is 2.94. The Morgan fingerprint density at radius 1 is 1.24 bits per heavy atom. The highest BCUT2D eigenvalue weighted by Gasteiger charge is 2.41. The number of anilines is 1. The predicted octanol–water partition coefficient (Wildman–Crippen LogP) is 2.76. The summed E-state index contributed by atoms with van der Waals surface area (Å²) in [4.78, 5) is 31.1. The molecule has 0 N–H and O–H groups in total. The number of esters is 1. The topological polar surface area (TPSA) is 77.4 Å². The maximum atomic E-state index is 13.4. The van der Waals surface area contributed by atoms with Crippen molar-refractivity contribution >= 4 is 23.8 Å². The number of carbonyl (C=O) groups excluding carboxylic acids is 2. The Morgan fingerprint density at radius 2 is 2.07 bits per heavy atom. The van der Waals surface area contributed by atoms with E-state index in [0.29, 0.717) is 36.7 Å². The molecule has 0 spiro atoms. The predicted molar refractivity (Wildman–Crippen MR) is 107 cm³/mol. The fourth-order valence-electron chi connectivity index (χ4n) is 4.01. The van der Waals surface area contributed by atoms with Crippen molar-refractivity contribution in [2.24, 2.45) is 10.9 Å². The number of methoxy groups -OCH3 is 2. The van der Waals surface area contributed by atoms with Gasteiger partial charge in [0, 0.05) is 37.2 Å². The van der Waals surface area contributed by atoms with E-state index in [-0.39, 0.29) is 24.3 Å². The van der Waals surface area contributed by atoms with Crippen LogP contribution in [0.1, 0.15) is 24.8 Å². The Bertz CT molecular complexity index is 918. The van der Waals surface area contributed by atoms with Gasteiger partial charge in [0.1, 0.15) is 5.76 Å². The summed E-state index contributed by atoms with van der Waals surface area (Å²) in [6, 6.07) is 7.93. The van der Waals surface area contributed by atoms with Crippen molar-refractivity contribution < 1.29 is 23.8 Å². The molecule has 1 aromatic rings. The number of allylic oxidation sites excluding steroid dienone is 2. The van der Waals surface area contributed by atoms with Gasteiger partial charge in [-0.2, -0.15) is 0 Å². The van der Waals surface area contributed by atoms with Gasteiger partial charge in [0.2, 0.25) is 5.91 Å². The average molecular weight is 396 g/mol. The summed E-state index contributed by atoms with van der Waals surface area (Å²) in [5.74, 6) is 0.543. The quantitative estimate of drug-likeness (QED) is 0.546. The molecule has 3 aliphatic rings. The maximum absolute atomic E-state index is 13.4. The van der Waals surface area contributed by atoms with Gasteiger partial charge >= 0.3 is 5.97 Å². The van der Waals surface area contributed by atoms with Crippen molar-refractivity contribution in [2.75, 3.05) is 25.7 Å². The van der Waals surface area contributed by atoms with E-state index in [1.165, 1.54) is 7.11 Å². The van der Waals surface area contributed by atoms with Crippen molar-refractivity contribution in [2.45, 2.75) is 31.7 Å². The molecule has 1 aliphatic carbocycles. The van der Waals surface area contributed by atoms with Gasteiger partial charge < -0.3 is 19.1 Å². The van der Waals surface area contributed by atoms with Crippen LogP contribution in [0, 0.1) is 5.92 Å². The monoisotopic (exact) mass is 396 g/mol. The molecule has 29 heavy (non-hydrogen) atoms. The van der Waals surface area contributed by atoms with E-state index >= 15 is 0 Å². The highest BCUT2D eigenvalue weighted by Crippen LogP contribution is 2.39. The van der Waals surface area contributed by atoms with Crippen LogP contribution in [0.5, 0.6) is 0 Å². The second kappa shape index (κ2) is 8.11. The lowest BCUT2D eigenvalue weighted by atomic mass is 9.93. The van der Waals surface area contributed by atoms with E-state index in [4.69, 9.17) is 9.47 Å². The maximum Gasteiger partial charge on any atom is 0.305 e. The van der Waals surface area contributed by atoms with Crippen molar-refractivity contribution in [3.05, 3.63) is 53.1 Å². The second-order valence-electron chi connectivity index (χ2n) is 7.23. The van der Waals surface area contributed by atoms with Crippen LogP contribution in [0.4, 0.5) is 5.69 Å². The fourth-order valence-corrected chi connectivity index (χ4v) is 4.01.